The molecule has 0 aliphatic carbocycles. The van der Waals surface area contributed by atoms with Crippen molar-refractivity contribution in [1.29, 1.82) is 0 Å². The van der Waals surface area contributed by atoms with Gasteiger partial charge in [-0.1, -0.05) is 23.7 Å². The van der Waals surface area contributed by atoms with E-state index >= 15 is 0 Å². The molecule has 1 aromatic carbocycles. The maximum absolute atomic E-state index is 11.9. The zero-order valence-corrected chi connectivity index (χ0v) is 8.39. The van der Waals surface area contributed by atoms with Crippen molar-refractivity contribution in [3.63, 3.8) is 0 Å². The summed E-state index contributed by atoms with van der Waals surface area (Å²) in [6.07, 6.45) is -4.62. The number of aldehydes is 1. The number of hydrogen-bond acceptors (Lipinski definition) is 2. The molecule has 0 bridgehead atoms. The average molecular weight is 252 g/mol. The number of carbonyl (C=O) groups excluding carboxylic acids is 2. The lowest BCUT2D eigenvalue weighted by atomic mass is 10.2. The number of alkyl halides is 3. The van der Waals surface area contributed by atoms with Crippen molar-refractivity contribution in [2.75, 3.05) is 5.32 Å². The van der Waals surface area contributed by atoms with Gasteiger partial charge in [0.25, 0.3) is 0 Å². The number of hydrogen-bond donors (Lipinski definition) is 1. The minimum Gasteiger partial charge on any atom is -0.317 e. The molecule has 0 heterocycles. The van der Waals surface area contributed by atoms with Gasteiger partial charge in [-0.15, -0.1) is 0 Å². The molecule has 0 aliphatic heterocycles. The molecule has 3 nitrogen and oxygen atoms in total. The molecule has 1 aromatic rings. The molecule has 0 aliphatic rings. The molecule has 86 valence electrons. The standard InChI is InChI=1S/C9H5ClF3NO2/c10-7-5(4-15)2-1-3-6(7)14-8(16)9(11,12)13/h1-4H,(H,14,16). The summed E-state index contributed by atoms with van der Waals surface area (Å²) in [5.41, 5.74) is -0.254. The second-order valence-electron chi connectivity index (χ2n) is 2.78. The van der Waals surface area contributed by atoms with Crippen LogP contribution in [0.3, 0.4) is 0 Å². The predicted molar refractivity (Wildman–Crippen MR) is 51.5 cm³/mol. The molecular weight excluding hydrogens is 247 g/mol. The van der Waals surface area contributed by atoms with Crippen molar-refractivity contribution in [2.45, 2.75) is 6.18 Å². The number of rotatable bonds is 2. The molecule has 0 fully saturated rings. The monoisotopic (exact) mass is 251 g/mol. The predicted octanol–water partition coefficient (Wildman–Crippen LogP) is 2.65. The Balaban J connectivity index is 2.99. The van der Waals surface area contributed by atoms with E-state index in [0.29, 0.717) is 6.29 Å². The van der Waals surface area contributed by atoms with Gasteiger partial charge in [0.05, 0.1) is 10.7 Å². The highest BCUT2D eigenvalue weighted by Crippen LogP contribution is 2.26. The van der Waals surface area contributed by atoms with E-state index in [9.17, 15) is 22.8 Å². The Morgan fingerprint density at radius 1 is 1.38 bits per heavy atom. The molecule has 1 amide bonds. The molecule has 0 aromatic heterocycles. The maximum Gasteiger partial charge on any atom is 0.471 e. The molecule has 16 heavy (non-hydrogen) atoms. The highest BCUT2D eigenvalue weighted by Gasteiger charge is 2.38. The minimum absolute atomic E-state index is 0.00152. The molecule has 7 heteroatoms. The first-order valence-corrected chi connectivity index (χ1v) is 4.36. The Morgan fingerprint density at radius 3 is 2.50 bits per heavy atom. The lowest BCUT2D eigenvalue weighted by molar-refractivity contribution is -0.167. The van der Waals surface area contributed by atoms with Crippen molar-refractivity contribution in [3.05, 3.63) is 28.8 Å². The first-order chi connectivity index (χ1) is 7.36. The molecule has 1 rings (SSSR count). The van der Waals surface area contributed by atoms with Crippen LogP contribution in [0.1, 0.15) is 10.4 Å². The van der Waals surface area contributed by atoms with Crippen LogP contribution >= 0.6 is 11.6 Å². The molecule has 1 N–H and O–H groups in total. The average Bonchev–Trinajstić information content (AvgIpc) is 2.19. The zero-order valence-electron chi connectivity index (χ0n) is 7.64. The highest BCUT2D eigenvalue weighted by molar-refractivity contribution is 6.36. The van der Waals surface area contributed by atoms with Crippen molar-refractivity contribution in [2.24, 2.45) is 0 Å². The van der Waals surface area contributed by atoms with Crippen LogP contribution in [0.4, 0.5) is 18.9 Å². The van der Waals surface area contributed by atoms with E-state index in [1.807, 2.05) is 0 Å². The van der Waals surface area contributed by atoms with Gasteiger partial charge < -0.3 is 5.32 Å². The number of amides is 1. The quantitative estimate of drug-likeness (QED) is 0.822. The second-order valence-corrected chi connectivity index (χ2v) is 3.16. The smallest absolute Gasteiger partial charge is 0.317 e. The van der Waals surface area contributed by atoms with Gasteiger partial charge in [0.1, 0.15) is 0 Å². The Hall–Kier alpha value is -1.56. The van der Waals surface area contributed by atoms with E-state index in [-0.39, 0.29) is 16.3 Å². The van der Waals surface area contributed by atoms with Crippen molar-refractivity contribution < 1.29 is 22.8 Å². The summed E-state index contributed by atoms with van der Waals surface area (Å²) in [5, 5.41) is 1.34. The third-order valence-corrected chi connectivity index (χ3v) is 2.08. The zero-order chi connectivity index (χ0) is 12.3. The lowest BCUT2D eigenvalue weighted by Crippen LogP contribution is -2.30. The van der Waals surface area contributed by atoms with E-state index in [4.69, 9.17) is 11.6 Å². The molecule has 0 saturated heterocycles. The van der Waals surface area contributed by atoms with Crippen LogP contribution in [0, 0.1) is 0 Å². The van der Waals surface area contributed by atoms with Crippen molar-refractivity contribution in [3.8, 4) is 0 Å². The van der Waals surface area contributed by atoms with Gasteiger partial charge in [0.15, 0.2) is 6.29 Å². The van der Waals surface area contributed by atoms with Gasteiger partial charge in [0.2, 0.25) is 0 Å². The van der Waals surface area contributed by atoms with Gasteiger partial charge in [-0.25, -0.2) is 0 Å². The first-order valence-electron chi connectivity index (χ1n) is 3.98. The van der Waals surface area contributed by atoms with Gasteiger partial charge in [-0.2, -0.15) is 13.2 Å². The Bertz CT molecular complexity index is 431. The summed E-state index contributed by atoms with van der Waals surface area (Å²) in [7, 11) is 0. The van der Waals surface area contributed by atoms with Crippen LogP contribution in [0.15, 0.2) is 18.2 Å². The van der Waals surface area contributed by atoms with Crippen LogP contribution in [-0.2, 0) is 4.79 Å². The van der Waals surface area contributed by atoms with Crippen LogP contribution in [0.5, 0.6) is 0 Å². The minimum atomic E-state index is -5.00. The topological polar surface area (TPSA) is 46.2 Å². The normalized spacial score (nSPS) is 11.0. The summed E-state index contributed by atoms with van der Waals surface area (Å²) < 4.78 is 35.8. The number of benzene rings is 1. The summed E-state index contributed by atoms with van der Waals surface area (Å²) in [6.45, 7) is 0. The van der Waals surface area contributed by atoms with Crippen molar-refractivity contribution in [1.82, 2.24) is 0 Å². The largest absolute Gasteiger partial charge is 0.471 e. The molecule has 0 unspecified atom stereocenters. The summed E-state index contributed by atoms with van der Waals surface area (Å²) in [4.78, 5) is 21.0. The van der Waals surface area contributed by atoms with Crippen LogP contribution in [0.2, 0.25) is 5.02 Å². The molecular formula is C9H5ClF3NO2. The van der Waals surface area contributed by atoms with E-state index in [1.165, 1.54) is 18.2 Å². The number of nitrogens with one attached hydrogen (secondary N) is 1. The third kappa shape index (κ3) is 2.73. The van der Waals surface area contributed by atoms with Gasteiger partial charge in [-0.05, 0) is 6.07 Å². The second kappa shape index (κ2) is 4.52. The number of halogens is 4. The summed E-state index contributed by atoms with van der Waals surface area (Å²) in [5.74, 6) is -2.14. The van der Waals surface area contributed by atoms with Gasteiger partial charge >= 0.3 is 12.1 Å². The van der Waals surface area contributed by atoms with Gasteiger partial charge in [0, 0.05) is 5.56 Å². The Kier molecular flexibility index (Phi) is 3.54. The fourth-order valence-corrected chi connectivity index (χ4v) is 1.15. The number of anilines is 1. The van der Waals surface area contributed by atoms with E-state index in [1.54, 1.807) is 5.32 Å². The lowest BCUT2D eigenvalue weighted by Gasteiger charge is -2.09. The molecule has 0 saturated carbocycles. The maximum atomic E-state index is 11.9. The fraction of sp³-hybridized carbons (Fsp3) is 0.111. The van der Waals surface area contributed by atoms with Crippen LogP contribution in [0.25, 0.3) is 0 Å². The van der Waals surface area contributed by atoms with E-state index in [2.05, 4.69) is 0 Å². The van der Waals surface area contributed by atoms with Crippen LogP contribution in [-0.4, -0.2) is 18.4 Å². The highest BCUT2D eigenvalue weighted by atomic mass is 35.5. The Labute approximate surface area is 93.2 Å². The summed E-state index contributed by atoms with van der Waals surface area (Å²) in [6, 6.07) is 3.79. The van der Waals surface area contributed by atoms with Crippen LogP contribution < -0.4 is 5.32 Å². The van der Waals surface area contributed by atoms with Gasteiger partial charge in [-0.3, -0.25) is 9.59 Å². The Morgan fingerprint density at radius 2 is 2.00 bits per heavy atom. The first kappa shape index (κ1) is 12.5. The van der Waals surface area contributed by atoms with E-state index in [0.717, 1.165) is 0 Å². The van der Waals surface area contributed by atoms with Crippen molar-refractivity contribution >= 4 is 29.5 Å². The molecule has 0 spiro atoms. The fourth-order valence-electron chi connectivity index (χ4n) is 0.931. The number of carbonyl (C=O) groups is 2. The third-order valence-electron chi connectivity index (χ3n) is 1.66. The summed E-state index contributed by atoms with van der Waals surface area (Å²) >= 11 is 5.59. The SMILES string of the molecule is O=Cc1cccc(NC(=O)C(F)(F)F)c1Cl. The molecule has 0 atom stereocenters. The van der Waals surface area contributed by atoms with E-state index < -0.39 is 12.1 Å². The molecule has 0 radical (unpaired) electrons.